The number of carbonyl (C=O) groups excluding carboxylic acids is 2. The number of benzene rings is 3. The molecule has 0 spiro atoms. The average Bonchev–Trinajstić information content (AvgIpc) is 2.83. The van der Waals surface area contributed by atoms with Crippen LogP contribution in [0.4, 0.5) is 0 Å². The molecule has 4 aromatic rings. The molecule has 1 aromatic heterocycles. The number of aryl methyl sites for hydroxylation is 1. The van der Waals surface area contributed by atoms with Crippen molar-refractivity contribution in [2.45, 2.75) is 13.5 Å². The molecule has 34 heavy (non-hydrogen) atoms. The van der Waals surface area contributed by atoms with E-state index in [0.29, 0.717) is 11.1 Å². The third kappa shape index (κ3) is 5.71. The Bertz CT molecular complexity index is 1410. The van der Waals surface area contributed by atoms with Gasteiger partial charge < -0.3 is 19.2 Å². The van der Waals surface area contributed by atoms with Crippen LogP contribution in [0.1, 0.15) is 21.5 Å². The fourth-order valence-electron chi connectivity index (χ4n) is 3.20. The summed E-state index contributed by atoms with van der Waals surface area (Å²) in [5.41, 5.74) is 1.19. The van der Waals surface area contributed by atoms with E-state index < -0.39 is 17.5 Å². The monoisotopic (exact) mass is 521 g/mol. The molecule has 0 unspecified atom stereocenters. The maximum atomic E-state index is 12.5. The molecule has 1 N–H and O–H groups in total. The van der Waals surface area contributed by atoms with Crippen LogP contribution in [-0.4, -0.2) is 18.5 Å². The first-order valence-corrected chi connectivity index (χ1v) is 11.2. The van der Waals surface area contributed by atoms with E-state index in [9.17, 15) is 14.4 Å². The molecule has 3 aromatic carbocycles. The molecule has 8 heteroatoms. The molecule has 0 aliphatic rings. The van der Waals surface area contributed by atoms with Crippen LogP contribution in [0.2, 0.25) is 0 Å². The second-order valence-electron chi connectivity index (χ2n) is 7.49. The second-order valence-corrected chi connectivity index (χ2v) is 8.34. The largest absolute Gasteiger partial charge is 0.482 e. The Hall–Kier alpha value is -3.91. The SMILES string of the molecule is Cc1cc(OCC(=O)Oc2ccc3cc(C(=O)NCc4ccccc4)c(=O)oc3c2)ccc1Br. The van der Waals surface area contributed by atoms with Crippen LogP contribution in [0, 0.1) is 6.92 Å². The lowest BCUT2D eigenvalue weighted by Crippen LogP contribution is -2.27. The lowest BCUT2D eigenvalue weighted by atomic mass is 10.1. The van der Waals surface area contributed by atoms with Gasteiger partial charge in [0.1, 0.15) is 22.6 Å². The number of halogens is 1. The summed E-state index contributed by atoms with van der Waals surface area (Å²) in [6.07, 6.45) is 0. The van der Waals surface area contributed by atoms with Gasteiger partial charge in [0.2, 0.25) is 0 Å². The second kappa shape index (κ2) is 10.4. The number of nitrogens with one attached hydrogen (secondary N) is 1. The molecule has 0 aliphatic carbocycles. The topological polar surface area (TPSA) is 94.8 Å². The van der Waals surface area contributed by atoms with Crippen LogP contribution in [-0.2, 0) is 11.3 Å². The molecule has 0 fully saturated rings. The first-order valence-electron chi connectivity index (χ1n) is 10.4. The standard InChI is InChI=1S/C26H20BrNO6/c1-16-11-19(9-10-22(16)27)32-15-24(29)33-20-8-7-18-12-21(26(31)34-23(18)13-20)25(30)28-14-17-5-3-2-4-6-17/h2-13H,14-15H2,1H3,(H,28,30). The van der Waals surface area contributed by atoms with Crippen LogP contribution >= 0.6 is 15.9 Å². The average molecular weight is 522 g/mol. The van der Waals surface area contributed by atoms with Crippen molar-refractivity contribution in [2.75, 3.05) is 6.61 Å². The zero-order valence-corrected chi connectivity index (χ0v) is 19.8. The van der Waals surface area contributed by atoms with E-state index in [2.05, 4.69) is 21.2 Å². The Morgan fingerprint density at radius 3 is 2.50 bits per heavy atom. The van der Waals surface area contributed by atoms with Crippen molar-refractivity contribution < 1.29 is 23.5 Å². The Kier molecular flexibility index (Phi) is 7.08. The molecule has 0 saturated heterocycles. The summed E-state index contributed by atoms with van der Waals surface area (Å²) < 4.78 is 17.0. The van der Waals surface area contributed by atoms with Gasteiger partial charge >= 0.3 is 11.6 Å². The number of ether oxygens (including phenoxy) is 2. The molecular weight excluding hydrogens is 502 g/mol. The van der Waals surface area contributed by atoms with Crippen molar-refractivity contribution in [3.63, 3.8) is 0 Å². The molecule has 0 aliphatic heterocycles. The fraction of sp³-hybridized carbons (Fsp3) is 0.115. The van der Waals surface area contributed by atoms with E-state index in [1.165, 1.54) is 12.1 Å². The predicted octanol–water partition coefficient (Wildman–Crippen LogP) is 4.78. The van der Waals surface area contributed by atoms with Gasteiger partial charge in [-0.3, -0.25) is 4.79 Å². The Labute approximate surface area is 203 Å². The normalized spacial score (nSPS) is 10.6. The Balaban J connectivity index is 1.41. The van der Waals surface area contributed by atoms with Gasteiger partial charge in [0, 0.05) is 22.5 Å². The first kappa shape index (κ1) is 23.3. The van der Waals surface area contributed by atoms with Gasteiger partial charge in [0.15, 0.2) is 6.61 Å². The number of esters is 1. The first-order chi connectivity index (χ1) is 16.4. The third-order valence-electron chi connectivity index (χ3n) is 4.97. The van der Waals surface area contributed by atoms with Crippen molar-refractivity contribution >= 4 is 38.8 Å². The third-order valence-corrected chi connectivity index (χ3v) is 5.86. The highest BCUT2D eigenvalue weighted by atomic mass is 79.9. The molecule has 0 bridgehead atoms. The van der Waals surface area contributed by atoms with E-state index in [1.807, 2.05) is 43.3 Å². The van der Waals surface area contributed by atoms with Gasteiger partial charge in [-0.1, -0.05) is 46.3 Å². The summed E-state index contributed by atoms with van der Waals surface area (Å²) in [4.78, 5) is 37.0. The van der Waals surface area contributed by atoms with Crippen molar-refractivity contribution in [3.8, 4) is 11.5 Å². The molecule has 4 rings (SSSR count). The number of amides is 1. The summed E-state index contributed by atoms with van der Waals surface area (Å²) in [6, 6.07) is 20.8. The van der Waals surface area contributed by atoms with Crippen molar-refractivity contribution in [3.05, 3.63) is 104 Å². The summed E-state index contributed by atoms with van der Waals surface area (Å²) in [5, 5.41) is 3.23. The quantitative estimate of drug-likeness (QED) is 0.213. The number of fused-ring (bicyclic) bond motifs is 1. The van der Waals surface area contributed by atoms with Crippen molar-refractivity contribution in [1.29, 1.82) is 0 Å². The zero-order chi connectivity index (χ0) is 24.1. The highest BCUT2D eigenvalue weighted by Crippen LogP contribution is 2.23. The van der Waals surface area contributed by atoms with Crippen LogP contribution in [0.15, 0.2) is 86.5 Å². The molecule has 1 amide bonds. The maximum Gasteiger partial charge on any atom is 0.349 e. The van der Waals surface area contributed by atoms with E-state index in [4.69, 9.17) is 13.9 Å². The fourth-order valence-corrected chi connectivity index (χ4v) is 3.44. The highest BCUT2D eigenvalue weighted by molar-refractivity contribution is 9.10. The predicted molar refractivity (Wildman–Crippen MR) is 130 cm³/mol. The summed E-state index contributed by atoms with van der Waals surface area (Å²) >= 11 is 3.41. The minimum absolute atomic E-state index is 0.105. The molecule has 0 saturated carbocycles. The number of hydrogen-bond acceptors (Lipinski definition) is 6. The summed E-state index contributed by atoms with van der Waals surface area (Å²) in [5.74, 6) is -0.410. The summed E-state index contributed by atoms with van der Waals surface area (Å²) in [7, 11) is 0. The van der Waals surface area contributed by atoms with E-state index in [1.54, 1.807) is 24.3 Å². The molecular formula is C26H20BrNO6. The zero-order valence-electron chi connectivity index (χ0n) is 18.2. The van der Waals surface area contributed by atoms with E-state index in [-0.39, 0.29) is 30.0 Å². The van der Waals surface area contributed by atoms with Crippen molar-refractivity contribution in [2.24, 2.45) is 0 Å². The van der Waals surface area contributed by atoms with Gasteiger partial charge in [0.25, 0.3) is 5.91 Å². The van der Waals surface area contributed by atoms with Crippen LogP contribution in [0.5, 0.6) is 11.5 Å². The van der Waals surface area contributed by atoms with Gasteiger partial charge in [-0.2, -0.15) is 0 Å². The Morgan fingerprint density at radius 2 is 1.74 bits per heavy atom. The van der Waals surface area contributed by atoms with E-state index in [0.717, 1.165) is 15.6 Å². The smallest absolute Gasteiger partial charge is 0.349 e. The van der Waals surface area contributed by atoms with Crippen LogP contribution < -0.4 is 20.4 Å². The molecule has 0 radical (unpaired) electrons. The maximum absolute atomic E-state index is 12.5. The lowest BCUT2D eigenvalue weighted by Gasteiger charge is -2.09. The minimum atomic E-state index is -0.782. The van der Waals surface area contributed by atoms with Gasteiger partial charge in [0.05, 0.1) is 0 Å². The van der Waals surface area contributed by atoms with Crippen LogP contribution in [0.25, 0.3) is 11.0 Å². The Morgan fingerprint density at radius 1 is 0.971 bits per heavy atom. The highest BCUT2D eigenvalue weighted by Gasteiger charge is 2.15. The minimum Gasteiger partial charge on any atom is -0.482 e. The number of carbonyl (C=O) groups is 2. The van der Waals surface area contributed by atoms with E-state index >= 15 is 0 Å². The lowest BCUT2D eigenvalue weighted by molar-refractivity contribution is -0.136. The molecule has 172 valence electrons. The molecule has 1 heterocycles. The van der Waals surface area contributed by atoms with Crippen molar-refractivity contribution in [1.82, 2.24) is 5.32 Å². The number of hydrogen-bond donors (Lipinski definition) is 1. The van der Waals surface area contributed by atoms with Gasteiger partial charge in [-0.25, -0.2) is 9.59 Å². The summed E-state index contributed by atoms with van der Waals surface area (Å²) in [6.45, 7) is 1.91. The molecule has 7 nitrogen and oxygen atoms in total. The van der Waals surface area contributed by atoms with Gasteiger partial charge in [-0.05, 0) is 54.4 Å². The molecule has 0 atom stereocenters. The van der Waals surface area contributed by atoms with Crippen LogP contribution in [0.3, 0.4) is 0 Å². The number of rotatable bonds is 7. The van der Waals surface area contributed by atoms with Gasteiger partial charge in [-0.15, -0.1) is 0 Å².